The Labute approximate surface area is 86.7 Å². The third-order valence-corrected chi connectivity index (χ3v) is 3.14. The van der Waals surface area contributed by atoms with Gasteiger partial charge in [0.15, 0.2) is 0 Å². The standard InChI is InChI=1S/C11H22OS/c1-3-4-5-6-7-8-9-13-10-11(2)12/h3-10H2,1-2H3. The Morgan fingerprint density at radius 1 is 1.08 bits per heavy atom. The van der Waals surface area contributed by atoms with Crippen molar-refractivity contribution in [1.82, 2.24) is 0 Å². The summed E-state index contributed by atoms with van der Waals surface area (Å²) >= 11 is 1.78. The van der Waals surface area contributed by atoms with Crippen LogP contribution in [0.15, 0.2) is 0 Å². The molecule has 0 radical (unpaired) electrons. The van der Waals surface area contributed by atoms with E-state index in [1.807, 2.05) is 0 Å². The third-order valence-electron chi connectivity index (χ3n) is 1.95. The van der Waals surface area contributed by atoms with E-state index in [0.717, 1.165) is 5.75 Å². The van der Waals surface area contributed by atoms with Gasteiger partial charge in [0.25, 0.3) is 0 Å². The van der Waals surface area contributed by atoms with Gasteiger partial charge >= 0.3 is 0 Å². The fourth-order valence-corrected chi connectivity index (χ4v) is 2.04. The second kappa shape index (κ2) is 10.1. The molecule has 0 aliphatic carbocycles. The Kier molecular flexibility index (Phi) is 10.1. The second-order valence-corrected chi connectivity index (χ2v) is 4.63. The van der Waals surface area contributed by atoms with Crippen LogP contribution in [0.25, 0.3) is 0 Å². The lowest BCUT2D eigenvalue weighted by Gasteiger charge is -1.99. The van der Waals surface area contributed by atoms with Crippen molar-refractivity contribution in [3.05, 3.63) is 0 Å². The molecule has 0 N–H and O–H groups in total. The molecule has 0 aromatic heterocycles. The van der Waals surface area contributed by atoms with E-state index in [4.69, 9.17) is 0 Å². The van der Waals surface area contributed by atoms with Gasteiger partial charge in [-0.15, -0.1) is 0 Å². The monoisotopic (exact) mass is 202 g/mol. The first-order valence-electron chi connectivity index (χ1n) is 5.34. The number of ketones is 1. The van der Waals surface area contributed by atoms with Gasteiger partial charge in [-0.1, -0.05) is 39.0 Å². The van der Waals surface area contributed by atoms with Crippen LogP contribution in [-0.4, -0.2) is 17.3 Å². The Hall–Kier alpha value is 0.0200. The van der Waals surface area contributed by atoms with E-state index in [1.165, 1.54) is 38.5 Å². The van der Waals surface area contributed by atoms with Gasteiger partial charge < -0.3 is 0 Å². The largest absolute Gasteiger partial charge is 0.299 e. The van der Waals surface area contributed by atoms with Gasteiger partial charge in [-0.2, -0.15) is 11.8 Å². The molecule has 0 aliphatic heterocycles. The Morgan fingerprint density at radius 3 is 2.31 bits per heavy atom. The van der Waals surface area contributed by atoms with Crippen LogP contribution in [0.3, 0.4) is 0 Å². The van der Waals surface area contributed by atoms with Crippen LogP contribution >= 0.6 is 11.8 Å². The maximum absolute atomic E-state index is 10.6. The molecular weight excluding hydrogens is 180 g/mol. The normalized spacial score (nSPS) is 10.3. The number of hydrogen-bond donors (Lipinski definition) is 0. The maximum atomic E-state index is 10.6. The summed E-state index contributed by atoms with van der Waals surface area (Å²) in [7, 11) is 0. The summed E-state index contributed by atoms with van der Waals surface area (Å²) in [5.74, 6) is 2.16. The predicted octanol–water partition coefficient (Wildman–Crippen LogP) is 3.67. The van der Waals surface area contributed by atoms with Gasteiger partial charge in [-0.05, 0) is 19.1 Å². The van der Waals surface area contributed by atoms with Gasteiger partial charge in [0.1, 0.15) is 5.78 Å². The van der Waals surface area contributed by atoms with Crippen molar-refractivity contribution in [2.75, 3.05) is 11.5 Å². The Balaban J connectivity index is 2.87. The Bertz CT molecular complexity index is 123. The summed E-state index contributed by atoms with van der Waals surface area (Å²) in [6.07, 6.45) is 8.06. The van der Waals surface area contributed by atoms with Crippen LogP contribution in [-0.2, 0) is 4.79 Å². The zero-order valence-electron chi connectivity index (χ0n) is 8.97. The summed E-state index contributed by atoms with van der Waals surface area (Å²) in [4.78, 5) is 10.6. The first-order valence-corrected chi connectivity index (χ1v) is 6.50. The fraction of sp³-hybridized carbons (Fsp3) is 0.909. The minimum atomic E-state index is 0.302. The minimum Gasteiger partial charge on any atom is -0.299 e. The molecule has 0 unspecified atom stereocenters. The highest BCUT2D eigenvalue weighted by atomic mass is 32.2. The van der Waals surface area contributed by atoms with Crippen molar-refractivity contribution in [1.29, 1.82) is 0 Å². The lowest BCUT2D eigenvalue weighted by atomic mass is 10.1. The second-order valence-electron chi connectivity index (χ2n) is 3.52. The first kappa shape index (κ1) is 13.0. The molecule has 0 aromatic carbocycles. The SMILES string of the molecule is CCCCCCCCSCC(C)=O. The summed E-state index contributed by atoms with van der Waals surface area (Å²) < 4.78 is 0. The van der Waals surface area contributed by atoms with Gasteiger partial charge in [-0.3, -0.25) is 4.79 Å². The Morgan fingerprint density at radius 2 is 1.69 bits per heavy atom. The van der Waals surface area contributed by atoms with E-state index in [-0.39, 0.29) is 0 Å². The first-order chi connectivity index (χ1) is 6.27. The lowest BCUT2D eigenvalue weighted by Crippen LogP contribution is -1.94. The fourth-order valence-electron chi connectivity index (χ4n) is 1.20. The van der Waals surface area contributed by atoms with Crippen molar-refractivity contribution in [2.45, 2.75) is 52.4 Å². The molecular formula is C11H22OS. The zero-order valence-corrected chi connectivity index (χ0v) is 9.79. The highest BCUT2D eigenvalue weighted by Gasteiger charge is 1.94. The third kappa shape index (κ3) is 12.0. The molecule has 0 rings (SSSR count). The number of carbonyl (C=O) groups is 1. The average Bonchev–Trinajstić information content (AvgIpc) is 2.09. The van der Waals surface area contributed by atoms with Crippen molar-refractivity contribution in [3.63, 3.8) is 0 Å². The van der Waals surface area contributed by atoms with Crippen LogP contribution in [0, 0.1) is 0 Å². The summed E-state index contributed by atoms with van der Waals surface area (Å²) in [5.41, 5.74) is 0. The van der Waals surface area contributed by atoms with Crippen LogP contribution in [0.1, 0.15) is 52.4 Å². The number of thioether (sulfide) groups is 1. The van der Waals surface area contributed by atoms with E-state index in [9.17, 15) is 4.79 Å². The topological polar surface area (TPSA) is 17.1 Å². The summed E-state index contributed by atoms with van der Waals surface area (Å²) in [5, 5.41) is 0. The quantitative estimate of drug-likeness (QED) is 0.531. The van der Waals surface area contributed by atoms with Crippen molar-refractivity contribution in [2.24, 2.45) is 0 Å². The molecule has 0 fully saturated rings. The molecule has 13 heavy (non-hydrogen) atoms. The number of unbranched alkanes of at least 4 members (excludes halogenated alkanes) is 5. The van der Waals surface area contributed by atoms with E-state index >= 15 is 0 Å². The zero-order chi connectivity index (χ0) is 9.94. The summed E-state index contributed by atoms with van der Waals surface area (Å²) in [6, 6.07) is 0. The summed E-state index contributed by atoms with van der Waals surface area (Å²) in [6.45, 7) is 3.90. The van der Waals surface area contributed by atoms with Crippen LogP contribution in [0.2, 0.25) is 0 Å². The van der Waals surface area contributed by atoms with Crippen molar-refractivity contribution in [3.8, 4) is 0 Å². The molecule has 0 heterocycles. The number of carbonyl (C=O) groups excluding carboxylic acids is 1. The van der Waals surface area contributed by atoms with Crippen molar-refractivity contribution < 1.29 is 4.79 Å². The number of Topliss-reactive ketones (excluding diaryl/α,β-unsaturated/α-hetero) is 1. The lowest BCUT2D eigenvalue weighted by molar-refractivity contribution is -0.114. The molecule has 1 nitrogen and oxygen atoms in total. The molecule has 0 saturated heterocycles. The molecule has 0 bridgehead atoms. The van der Waals surface area contributed by atoms with E-state index < -0.39 is 0 Å². The average molecular weight is 202 g/mol. The minimum absolute atomic E-state index is 0.302. The molecule has 78 valence electrons. The highest BCUT2D eigenvalue weighted by molar-refractivity contribution is 7.99. The molecule has 0 aliphatic rings. The van der Waals surface area contributed by atoms with Crippen LogP contribution in [0.5, 0.6) is 0 Å². The van der Waals surface area contributed by atoms with Crippen LogP contribution < -0.4 is 0 Å². The molecule has 0 atom stereocenters. The van der Waals surface area contributed by atoms with Crippen LogP contribution in [0.4, 0.5) is 0 Å². The molecule has 0 saturated carbocycles. The van der Waals surface area contributed by atoms with Gasteiger partial charge in [0.05, 0.1) is 5.75 Å². The van der Waals surface area contributed by atoms with E-state index in [1.54, 1.807) is 18.7 Å². The highest BCUT2D eigenvalue weighted by Crippen LogP contribution is 2.09. The van der Waals surface area contributed by atoms with E-state index in [0.29, 0.717) is 11.5 Å². The molecule has 0 aromatic rings. The van der Waals surface area contributed by atoms with Gasteiger partial charge in [0, 0.05) is 0 Å². The predicted molar refractivity (Wildman–Crippen MR) is 61.4 cm³/mol. The van der Waals surface area contributed by atoms with Gasteiger partial charge in [-0.25, -0.2) is 0 Å². The molecule has 2 heteroatoms. The smallest absolute Gasteiger partial charge is 0.139 e. The molecule has 0 spiro atoms. The molecule has 0 amide bonds. The number of hydrogen-bond acceptors (Lipinski definition) is 2. The van der Waals surface area contributed by atoms with Gasteiger partial charge in [0.2, 0.25) is 0 Å². The van der Waals surface area contributed by atoms with Crippen molar-refractivity contribution >= 4 is 17.5 Å². The number of rotatable bonds is 9. The maximum Gasteiger partial charge on any atom is 0.139 e. The van der Waals surface area contributed by atoms with E-state index in [2.05, 4.69) is 6.92 Å².